The van der Waals surface area contributed by atoms with Gasteiger partial charge >= 0.3 is 0 Å². The number of rotatable bonds is 4. The number of amides is 2. The lowest BCUT2D eigenvalue weighted by atomic mass is 10.2. The molecule has 0 bridgehead atoms. The lowest BCUT2D eigenvalue weighted by molar-refractivity contribution is -0.126. The summed E-state index contributed by atoms with van der Waals surface area (Å²) in [6, 6.07) is 7.65. The number of aryl methyl sites for hydroxylation is 1. The lowest BCUT2D eigenvalue weighted by Gasteiger charge is -2.14. The predicted molar refractivity (Wildman–Crippen MR) is 74.0 cm³/mol. The summed E-state index contributed by atoms with van der Waals surface area (Å²) >= 11 is 6.56. The average Bonchev–Trinajstić information content (AvgIpc) is 2.60. The minimum absolute atomic E-state index is 0.228. The van der Waals surface area contributed by atoms with E-state index in [0.717, 1.165) is 23.0 Å². The first kappa shape index (κ1) is 13.2. The van der Waals surface area contributed by atoms with Gasteiger partial charge in [-0.25, -0.2) is 0 Å². The third kappa shape index (κ3) is 2.62. The molecule has 1 aliphatic rings. The number of carbonyl (C=O) groups is 2. The Bertz CT molecular complexity index is 481. The second-order valence-corrected chi connectivity index (χ2v) is 5.34. The Morgan fingerprint density at radius 1 is 1.39 bits per heavy atom. The Kier molecular flexibility index (Phi) is 4.14. The molecule has 6 heteroatoms. The zero-order valence-corrected chi connectivity index (χ0v) is 11.4. The average molecular weight is 285 g/mol. The van der Waals surface area contributed by atoms with Gasteiger partial charge < -0.3 is 5.32 Å². The monoisotopic (exact) mass is 284 g/mol. The highest BCUT2D eigenvalue weighted by Gasteiger charge is 2.39. The van der Waals surface area contributed by atoms with E-state index in [0.29, 0.717) is 0 Å². The second kappa shape index (κ2) is 5.63. The zero-order chi connectivity index (χ0) is 13.1. The smallest absolute Gasteiger partial charge is 0.290 e. The van der Waals surface area contributed by atoms with Gasteiger partial charge in [0.05, 0.1) is 0 Å². The van der Waals surface area contributed by atoms with E-state index in [1.807, 2.05) is 31.2 Å². The van der Waals surface area contributed by atoms with Crippen molar-refractivity contribution in [2.75, 3.05) is 17.7 Å². The Hall–Kier alpha value is -1.20. The number of halogens is 1. The standard InChI is InChI=1S/C12H13ClN2O2S/c1-8-4-2-3-5-9(8)14-10-11(16)15(7-6-13)12(17)18-10/h2-5,10,14H,6-7H2,1H3/t10-/m0/s1. The number of hydrogen-bond donors (Lipinski definition) is 1. The Morgan fingerprint density at radius 3 is 2.78 bits per heavy atom. The fourth-order valence-electron chi connectivity index (χ4n) is 1.70. The van der Waals surface area contributed by atoms with E-state index in [1.165, 1.54) is 4.90 Å². The van der Waals surface area contributed by atoms with Gasteiger partial charge in [-0.2, -0.15) is 0 Å². The van der Waals surface area contributed by atoms with E-state index in [9.17, 15) is 9.59 Å². The summed E-state index contributed by atoms with van der Waals surface area (Å²) in [5.74, 6) is 0.0312. The molecule has 1 fully saturated rings. The van der Waals surface area contributed by atoms with Crippen LogP contribution in [0.3, 0.4) is 0 Å². The molecule has 1 saturated heterocycles. The quantitative estimate of drug-likeness (QED) is 0.864. The van der Waals surface area contributed by atoms with Crippen LogP contribution in [0.5, 0.6) is 0 Å². The van der Waals surface area contributed by atoms with Crippen molar-refractivity contribution in [1.82, 2.24) is 4.90 Å². The van der Waals surface area contributed by atoms with E-state index in [1.54, 1.807) is 0 Å². The van der Waals surface area contributed by atoms with Gasteiger partial charge in [-0.3, -0.25) is 14.5 Å². The highest BCUT2D eigenvalue weighted by molar-refractivity contribution is 8.15. The summed E-state index contributed by atoms with van der Waals surface area (Å²) in [7, 11) is 0. The number of carbonyl (C=O) groups excluding carboxylic acids is 2. The second-order valence-electron chi connectivity index (χ2n) is 3.90. The molecule has 0 saturated carbocycles. The molecule has 1 atom stereocenters. The molecular weight excluding hydrogens is 272 g/mol. The molecule has 0 radical (unpaired) electrons. The maximum atomic E-state index is 12.0. The van der Waals surface area contributed by atoms with Crippen LogP contribution < -0.4 is 5.32 Å². The highest BCUT2D eigenvalue weighted by atomic mass is 35.5. The van der Waals surface area contributed by atoms with Crippen molar-refractivity contribution in [1.29, 1.82) is 0 Å². The number of nitrogens with one attached hydrogen (secondary N) is 1. The van der Waals surface area contributed by atoms with E-state index >= 15 is 0 Å². The number of thioether (sulfide) groups is 1. The lowest BCUT2D eigenvalue weighted by Crippen LogP contribution is -2.35. The van der Waals surface area contributed by atoms with E-state index < -0.39 is 5.37 Å². The summed E-state index contributed by atoms with van der Waals surface area (Å²) in [5, 5.41) is 2.29. The number of alkyl halides is 1. The molecule has 0 unspecified atom stereocenters. The Labute approximate surface area is 115 Å². The molecular formula is C12H13ClN2O2S. The van der Waals surface area contributed by atoms with Crippen LogP contribution in [0.2, 0.25) is 0 Å². The number of hydrogen-bond acceptors (Lipinski definition) is 4. The first-order valence-corrected chi connectivity index (χ1v) is 6.95. The third-order valence-corrected chi connectivity index (χ3v) is 3.82. The Balaban J connectivity index is 2.10. The van der Waals surface area contributed by atoms with Crippen molar-refractivity contribution in [2.45, 2.75) is 12.3 Å². The third-order valence-electron chi connectivity index (χ3n) is 2.67. The van der Waals surface area contributed by atoms with Crippen LogP contribution >= 0.6 is 23.4 Å². The topological polar surface area (TPSA) is 49.4 Å². The van der Waals surface area contributed by atoms with Crippen LogP contribution in [0.1, 0.15) is 5.56 Å². The summed E-state index contributed by atoms with van der Waals surface area (Å²) in [4.78, 5) is 24.8. The fraction of sp³-hybridized carbons (Fsp3) is 0.333. The van der Waals surface area contributed by atoms with Crippen LogP contribution in [0, 0.1) is 6.92 Å². The molecule has 1 heterocycles. The number of imide groups is 1. The first-order chi connectivity index (χ1) is 8.63. The minimum Gasteiger partial charge on any atom is -0.365 e. The van der Waals surface area contributed by atoms with Crippen LogP contribution in [0.25, 0.3) is 0 Å². The molecule has 18 heavy (non-hydrogen) atoms. The Morgan fingerprint density at radius 2 is 2.11 bits per heavy atom. The number of nitrogens with zero attached hydrogens (tertiary/aromatic N) is 1. The van der Waals surface area contributed by atoms with Crippen LogP contribution in [0.15, 0.2) is 24.3 Å². The molecule has 0 aromatic heterocycles. The van der Waals surface area contributed by atoms with Gasteiger partial charge in [0, 0.05) is 18.1 Å². The van der Waals surface area contributed by atoms with Gasteiger partial charge in [-0.05, 0) is 30.3 Å². The van der Waals surface area contributed by atoms with Crippen molar-refractivity contribution in [3.8, 4) is 0 Å². The van der Waals surface area contributed by atoms with E-state index in [-0.39, 0.29) is 23.6 Å². The summed E-state index contributed by atoms with van der Waals surface area (Å²) in [6.07, 6.45) is 0. The molecule has 1 aromatic carbocycles. The van der Waals surface area contributed by atoms with E-state index in [4.69, 9.17) is 11.6 Å². The first-order valence-electron chi connectivity index (χ1n) is 5.53. The van der Waals surface area contributed by atoms with Crippen molar-refractivity contribution in [3.63, 3.8) is 0 Å². The van der Waals surface area contributed by atoms with Crippen LogP contribution in [0.4, 0.5) is 10.5 Å². The molecule has 1 aliphatic heterocycles. The minimum atomic E-state index is -0.554. The van der Waals surface area contributed by atoms with Gasteiger partial charge in [0.1, 0.15) is 0 Å². The van der Waals surface area contributed by atoms with Gasteiger partial charge in [0.25, 0.3) is 11.1 Å². The summed E-state index contributed by atoms with van der Waals surface area (Å²) in [5.41, 5.74) is 1.90. The summed E-state index contributed by atoms with van der Waals surface area (Å²) in [6.45, 7) is 2.21. The molecule has 0 spiro atoms. The molecule has 2 amide bonds. The normalized spacial score (nSPS) is 19.4. The molecule has 1 aromatic rings. The zero-order valence-electron chi connectivity index (χ0n) is 9.85. The molecule has 0 aliphatic carbocycles. The number of anilines is 1. The van der Waals surface area contributed by atoms with Gasteiger partial charge in [-0.15, -0.1) is 11.6 Å². The van der Waals surface area contributed by atoms with Crippen LogP contribution in [-0.2, 0) is 4.79 Å². The number of benzene rings is 1. The van der Waals surface area contributed by atoms with Gasteiger partial charge in [-0.1, -0.05) is 18.2 Å². The van der Waals surface area contributed by atoms with Gasteiger partial charge in [0.15, 0.2) is 5.37 Å². The van der Waals surface area contributed by atoms with Crippen molar-refractivity contribution >= 4 is 40.2 Å². The van der Waals surface area contributed by atoms with Crippen molar-refractivity contribution in [2.24, 2.45) is 0 Å². The fourth-order valence-corrected chi connectivity index (χ4v) is 2.79. The number of para-hydroxylation sites is 1. The molecule has 96 valence electrons. The van der Waals surface area contributed by atoms with Crippen molar-refractivity contribution in [3.05, 3.63) is 29.8 Å². The maximum Gasteiger partial charge on any atom is 0.290 e. The largest absolute Gasteiger partial charge is 0.365 e. The highest BCUT2D eigenvalue weighted by Crippen LogP contribution is 2.28. The maximum absolute atomic E-state index is 12.0. The summed E-state index contributed by atoms with van der Waals surface area (Å²) < 4.78 is 0. The molecule has 4 nitrogen and oxygen atoms in total. The predicted octanol–water partition coefficient (Wildman–Crippen LogP) is 2.67. The molecule has 2 rings (SSSR count). The van der Waals surface area contributed by atoms with Gasteiger partial charge in [0.2, 0.25) is 0 Å². The SMILES string of the molecule is Cc1ccccc1N[C@H]1SC(=O)N(CCCl)C1=O. The van der Waals surface area contributed by atoms with Crippen molar-refractivity contribution < 1.29 is 9.59 Å². The van der Waals surface area contributed by atoms with E-state index in [2.05, 4.69) is 5.32 Å². The van der Waals surface area contributed by atoms with Crippen LogP contribution in [-0.4, -0.2) is 33.8 Å². The molecule has 1 N–H and O–H groups in total.